The van der Waals surface area contributed by atoms with Crippen LogP contribution in [0, 0.1) is 0 Å². The molecule has 1 aliphatic heterocycles. The van der Waals surface area contributed by atoms with Crippen LogP contribution in [0.3, 0.4) is 0 Å². The van der Waals surface area contributed by atoms with E-state index in [9.17, 15) is 5.11 Å². The van der Waals surface area contributed by atoms with Gasteiger partial charge in [-0.25, -0.2) is 0 Å². The summed E-state index contributed by atoms with van der Waals surface area (Å²) in [7, 11) is 1.64. The van der Waals surface area contributed by atoms with Crippen LogP contribution in [0.2, 0.25) is 0 Å². The number of ether oxygens (including phenoxy) is 1. The van der Waals surface area contributed by atoms with Crippen molar-refractivity contribution in [2.45, 2.75) is 32.5 Å². The fourth-order valence-corrected chi connectivity index (χ4v) is 3.18. The van der Waals surface area contributed by atoms with E-state index in [2.05, 4.69) is 26.9 Å². The molecule has 1 aromatic heterocycles. The molecule has 2 aromatic rings. The van der Waals surface area contributed by atoms with E-state index in [1.165, 1.54) is 0 Å². The van der Waals surface area contributed by atoms with Gasteiger partial charge in [-0.3, -0.25) is 9.80 Å². The van der Waals surface area contributed by atoms with Crippen LogP contribution in [-0.2, 0) is 6.54 Å². The highest BCUT2D eigenvalue weighted by atomic mass is 16.5. The lowest BCUT2D eigenvalue weighted by Crippen LogP contribution is -2.53. The molecule has 2 heterocycles. The number of methoxy groups -OCH3 is 1. The maximum absolute atomic E-state index is 9.57. The standard InChI is InChI=1S/C18H26N4O3/c1-13-10-21(8-9-22(13)11-14(2)23)12-17-19-20-18(25-17)15-4-6-16(24-3)7-5-15/h4-7,13-14,23H,8-12H2,1-3H3. The lowest BCUT2D eigenvalue weighted by molar-refractivity contribution is 0.0393. The number of piperazine rings is 1. The lowest BCUT2D eigenvalue weighted by Gasteiger charge is -2.39. The molecule has 1 aliphatic rings. The van der Waals surface area contributed by atoms with Gasteiger partial charge in [0, 0.05) is 37.8 Å². The summed E-state index contributed by atoms with van der Waals surface area (Å²) in [4.78, 5) is 4.63. The first kappa shape index (κ1) is 17.8. The maximum atomic E-state index is 9.57. The summed E-state index contributed by atoms with van der Waals surface area (Å²) in [5.41, 5.74) is 0.884. The summed E-state index contributed by atoms with van der Waals surface area (Å²) < 4.78 is 11.0. The number of aliphatic hydroxyl groups excluding tert-OH is 1. The predicted molar refractivity (Wildman–Crippen MR) is 94.3 cm³/mol. The van der Waals surface area contributed by atoms with Crippen molar-refractivity contribution in [3.8, 4) is 17.2 Å². The van der Waals surface area contributed by atoms with E-state index < -0.39 is 0 Å². The largest absolute Gasteiger partial charge is 0.497 e. The topological polar surface area (TPSA) is 74.9 Å². The highest BCUT2D eigenvalue weighted by molar-refractivity contribution is 5.53. The second-order valence-corrected chi connectivity index (χ2v) is 6.66. The summed E-state index contributed by atoms with van der Waals surface area (Å²) in [6.45, 7) is 8.17. The van der Waals surface area contributed by atoms with Gasteiger partial charge in [0.1, 0.15) is 5.75 Å². The van der Waals surface area contributed by atoms with Gasteiger partial charge in [-0.05, 0) is 38.1 Å². The Balaban J connectivity index is 1.58. The van der Waals surface area contributed by atoms with Crippen molar-refractivity contribution in [1.29, 1.82) is 0 Å². The van der Waals surface area contributed by atoms with E-state index in [4.69, 9.17) is 9.15 Å². The van der Waals surface area contributed by atoms with Crippen molar-refractivity contribution in [3.63, 3.8) is 0 Å². The van der Waals surface area contributed by atoms with E-state index >= 15 is 0 Å². The minimum Gasteiger partial charge on any atom is -0.497 e. The summed E-state index contributed by atoms with van der Waals surface area (Å²) >= 11 is 0. The van der Waals surface area contributed by atoms with Crippen LogP contribution in [0.5, 0.6) is 5.75 Å². The van der Waals surface area contributed by atoms with Crippen molar-refractivity contribution in [2.75, 3.05) is 33.3 Å². The normalized spacial score (nSPS) is 20.6. The van der Waals surface area contributed by atoms with Gasteiger partial charge in [0.05, 0.1) is 19.8 Å². The Hall–Kier alpha value is -1.96. The van der Waals surface area contributed by atoms with E-state index in [1.54, 1.807) is 7.11 Å². The van der Waals surface area contributed by atoms with Crippen LogP contribution in [0.15, 0.2) is 28.7 Å². The highest BCUT2D eigenvalue weighted by Gasteiger charge is 2.25. The molecule has 0 amide bonds. The van der Waals surface area contributed by atoms with Crippen LogP contribution < -0.4 is 4.74 Å². The van der Waals surface area contributed by atoms with Crippen LogP contribution in [0.1, 0.15) is 19.7 Å². The SMILES string of the molecule is COc1ccc(-c2nnc(CN3CCN(CC(C)O)C(C)C3)o2)cc1. The smallest absolute Gasteiger partial charge is 0.247 e. The Kier molecular flexibility index (Phi) is 5.67. The number of hydrogen-bond acceptors (Lipinski definition) is 7. The molecule has 0 aliphatic carbocycles. The third-order valence-electron chi connectivity index (χ3n) is 4.51. The Labute approximate surface area is 148 Å². The second-order valence-electron chi connectivity index (χ2n) is 6.66. The number of nitrogens with zero attached hydrogens (tertiary/aromatic N) is 4. The van der Waals surface area contributed by atoms with Crippen molar-refractivity contribution in [2.24, 2.45) is 0 Å². The second kappa shape index (κ2) is 7.95. The minimum absolute atomic E-state index is 0.294. The first-order chi connectivity index (χ1) is 12.0. The molecule has 7 nitrogen and oxygen atoms in total. The number of hydrogen-bond donors (Lipinski definition) is 1. The molecule has 1 fully saturated rings. The van der Waals surface area contributed by atoms with Crippen molar-refractivity contribution in [1.82, 2.24) is 20.0 Å². The molecule has 25 heavy (non-hydrogen) atoms. The zero-order valence-corrected chi connectivity index (χ0v) is 15.1. The molecule has 136 valence electrons. The predicted octanol–water partition coefficient (Wildman–Crippen LogP) is 1.63. The van der Waals surface area contributed by atoms with Crippen molar-refractivity contribution < 1.29 is 14.3 Å². The zero-order chi connectivity index (χ0) is 17.8. The van der Waals surface area contributed by atoms with E-state index in [1.807, 2.05) is 31.2 Å². The van der Waals surface area contributed by atoms with Gasteiger partial charge >= 0.3 is 0 Å². The van der Waals surface area contributed by atoms with Crippen LogP contribution in [0.4, 0.5) is 0 Å². The first-order valence-electron chi connectivity index (χ1n) is 8.66. The van der Waals surface area contributed by atoms with Crippen LogP contribution in [-0.4, -0.2) is 70.5 Å². The van der Waals surface area contributed by atoms with Crippen molar-refractivity contribution in [3.05, 3.63) is 30.2 Å². The third kappa shape index (κ3) is 4.56. The molecular weight excluding hydrogens is 320 g/mol. The number of aromatic nitrogens is 2. The number of β-amino-alcohol motifs (C(OH)–C–C–N with tert-alkyl or cyclic N) is 1. The zero-order valence-electron chi connectivity index (χ0n) is 15.1. The van der Waals surface area contributed by atoms with Gasteiger partial charge in [0.25, 0.3) is 0 Å². The molecule has 0 radical (unpaired) electrons. The third-order valence-corrected chi connectivity index (χ3v) is 4.51. The average molecular weight is 346 g/mol. The highest BCUT2D eigenvalue weighted by Crippen LogP contribution is 2.22. The van der Waals surface area contributed by atoms with E-state index in [0.29, 0.717) is 24.4 Å². The average Bonchev–Trinajstić information content (AvgIpc) is 3.05. The summed E-state index contributed by atoms with van der Waals surface area (Å²) in [5.74, 6) is 1.95. The minimum atomic E-state index is -0.294. The maximum Gasteiger partial charge on any atom is 0.247 e. The van der Waals surface area contributed by atoms with Gasteiger partial charge < -0.3 is 14.3 Å². The Bertz CT molecular complexity index is 671. The molecule has 1 aromatic carbocycles. The van der Waals surface area contributed by atoms with Crippen molar-refractivity contribution >= 4 is 0 Å². The Morgan fingerprint density at radius 2 is 2.04 bits per heavy atom. The fraction of sp³-hybridized carbons (Fsp3) is 0.556. The molecule has 3 rings (SSSR count). The Morgan fingerprint density at radius 3 is 2.68 bits per heavy atom. The van der Waals surface area contributed by atoms with Gasteiger partial charge in [-0.15, -0.1) is 10.2 Å². The summed E-state index contributed by atoms with van der Waals surface area (Å²) in [6, 6.07) is 7.97. The van der Waals surface area contributed by atoms with Gasteiger partial charge in [-0.2, -0.15) is 0 Å². The molecule has 2 atom stereocenters. The van der Waals surface area contributed by atoms with E-state index in [0.717, 1.165) is 37.5 Å². The number of benzene rings is 1. The fourth-order valence-electron chi connectivity index (χ4n) is 3.18. The molecule has 2 unspecified atom stereocenters. The monoisotopic (exact) mass is 346 g/mol. The van der Waals surface area contributed by atoms with Gasteiger partial charge in [-0.1, -0.05) is 0 Å². The molecule has 0 bridgehead atoms. The molecular formula is C18H26N4O3. The molecule has 0 saturated carbocycles. The van der Waals surface area contributed by atoms with Gasteiger partial charge in [0.15, 0.2) is 0 Å². The molecule has 1 N–H and O–H groups in total. The molecule has 0 spiro atoms. The van der Waals surface area contributed by atoms with Crippen LogP contribution in [0.25, 0.3) is 11.5 Å². The lowest BCUT2D eigenvalue weighted by atomic mass is 10.1. The number of aliphatic hydroxyl groups is 1. The van der Waals surface area contributed by atoms with E-state index in [-0.39, 0.29) is 6.10 Å². The summed E-state index contributed by atoms with van der Waals surface area (Å²) in [5, 5.41) is 17.9. The first-order valence-corrected chi connectivity index (χ1v) is 8.66. The molecule has 1 saturated heterocycles. The number of rotatable bonds is 6. The van der Waals surface area contributed by atoms with Crippen LogP contribution >= 0.6 is 0 Å². The summed E-state index contributed by atoms with van der Waals surface area (Å²) in [6.07, 6.45) is -0.294. The Morgan fingerprint density at radius 1 is 1.28 bits per heavy atom. The molecule has 7 heteroatoms. The van der Waals surface area contributed by atoms with Gasteiger partial charge in [0.2, 0.25) is 11.8 Å². The quantitative estimate of drug-likeness (QED) is 0.852.